The van der Waals surface area contributed by atoms with Gasteiger partial charge in [-0.25, -0.2) is 0 Å². The number of thioether (sulfide) groups is 1. The molecule has 30 heavy (non-hydrogen) atoms. The SMILES string of the molecule is CCc1ccc(OCc2nnc(SCC(=O)NC3CC3)n2Cc2ccccc2)cc1. The molecule has 0 unspecified atom stereocenters. The molecule has 3 aromatic rings. The molecule has 6 nitrogen and oxygen atoms in total. The van der Waals surface area contributed by atoms with Crippen molar-refractivity contribution in [1.29, 1.82) is 0 Å². The molecule has 1 N–H and O–H groups in total. The van der Waals surface area contributed by atoms with Gasteiger partial charge in [-0.15, -0.1) is 10.2 Å². The first kappa shape index (κ1) is 20.5. The van der Waals surface area contributed by atoms with Gasteiger partial charge >= 0.3 is 0 Å². The maximum absolute atomic E-state index is 12.1. The molecule has 0 bridgehead atoms. The fourth-order valence-corrected chi connectivity index (χ4v) is 3.82. The van der Waals surface area contributed by atoms with E-state index in [0.29, 0.717) is 24.9 Å². The molecule has 1 aliphatic rings. The van der Waals surface area contributed by atoms with E-state index >= 15 is 0 Å². The van der Waals surface area contributed by atoms with Crippen molar-refractivity contribution in [3.05, 3.63) is 71.5 Å². The number of hydrogen-bond acceptors (Lipinski definition) is 5. The predicted octanol–water partition coefficient (Wildman–Crippen LogP) is 3.84. The van der Waals surface area contributed by atoms with E-state index in [1.807, 2.05) is 34.9 Å². The molecule has 156 valence electrons. The lowest BCUT2D eigenvalue weighted by atomic mass is 10.2. The topological polar surface area (TPSA) is 69.0 Å². The Bertz CT molecular complexity index is 969. The van der Waals surface area contributed by atoms with Crippen LogP contribution < -0.4 is 10.1 Å². The number of ether oxygens (including phenoxy) is 1. The van der Waals surface area contributed by atoms with Crippen molar-refractivity contribution in [2.75, 3.05) is 5.75 Å². The summed E-state index contributed by atoms with van der Waals surface area (Å²) in [5.41, 5.74) is 2.42. The van der Waals surface area contributed by atoms with Crippen LogP contribution in [-0.4, -0.2) is 32.5 Å². The highest BCUT2D eigenvalue weighted by Gasteiger charge is 2.23. The Balaban J connectivity index is 1.46. The van der Waals surface area contributed by atoms with Crippen LogP contribution in [-0.2, 0) is 24.4 Å². The second kappa shape index (κ2) is 9.80. The lowest BCUT2D eigenvalue weighted by molar-refractivity contribution is -0.118. The van der Waals surface area contributed by atoms with Gasteiger partial charge in [0.2, 0.25) is 5.91 Å². The first-order valence-corrected chi connectivity index (χ1v) is 11.3. The van der Waals surface area contributed by atoms with E-state index in [-0.39, 0.29) is 5.91 Å². The quantitative estimate of drug-likeness (QED) is 0.503. The Labute approximate surface area is 181 Å². The highest BCUT2D eigenvalue weighted by Crippen LogP contribution is 2.22. The maximum atomic E-state index is 12.1. The third kappa shape index (κ3) is 5.63. The smallest absolute Gasteiger partial charge is 0.230 e. The van der Waals surface area contributed by atoms with Crippen LogP contribution in [0.5, 0.6) is 5.75 Å². The minimum absolute atomic E-state index is 0.0468. The van der Waals surface area contributed by atoms with Crippen molar-refractivity contribution in [2.24, 2.45) is 0 Å². The van der Waals surface area contributed by atoms with Crippen LogP contribution in [0, 0.1) is 0 Å². The van der Waals surface area contributed by atoms with E-state index in [1.165, 1.54) is 17.3 Å². The number of hydrogen-bond donors (Lipinski definition) is 1. The van der Waals surface area contributed by atoms with Gasteiger partial charge in [0.25, 0.3) is 0 Å². The molecule has 1 heterocycles. The summed E-state index contributed by atoms with van der Waals surface area (Å²) in [7, 11) is 0. The molecule has 2 aromatic carbocycles. The fourth-order valence-electron chi connectivity index (χ4n) is 3.05. The van der Waals surface area contributed by atoms with Gasteiger partial charge < -0.3 is 10.1 Å². The number of carbonyl (C=O) groups excluding carboxylic acids is 1. The number of nitrogens with zero attached hydrogens (tertiary/aromatic N) is 3. The second-order valence-corrected chi connectivity index (χ2v) is 8.33. The Hall–Kier alpha value is -2.80. The van der Waals surface area contributed by atoms with E-state index in [1.54, 1.807) is 0 Å². The average molecular weight is 423 g/mol. The molecule has 4 rings (SSSR count). The number of carbonyl (C=O) groups is 1. The molecule has 0 spiro atoms. The third-order valence-corrected chi connectivity index (χ3v) is 5.92. The first-order chi connectivity index (χ1) is 14.7. The van der Waals surface area contributed by atoms with E-state index in [0.717, 1.165) is 41.6 Å². The molecule has 1 saturated carbocycles. The summed E-state index contributed by atoms with van der Waals surface area (Å²) in [5.74, 6) is 1.93. The Morgan fingerprint density at radius 1 is 1.10 bits per heavy atom. The fraction of sp³-hybridized carbons (Fsp3) is 0.348. The lowest BCUT2D eigenvalue weighted by Crippen LogP contribution is -2.27. The van der Waals surface area contributed by atoms with Gasteiger partial charge in [-0.1, -0.05) is 61.2 Å². The number of aromatic nitrogens is 3. The van der Waals surface area contributed by atoms with E-state index in [2.05, 4.69) is 46.7 Å². The van der Waals surface area contributed by atoms with Crippen molar-refractivity contribution in [3.63, 3.8) is 0 Å². The summed E-state index contributed by atoms with van der Waals surface area (Å²) in [5, 5.41) is 12.4. The molecular weight excluding hydrogens is 396 g/mol. The summed E-state index contributed by atoms with van der Waals surface area (Å²) in [4.78, 5) is 12.1. The Morgan fingerprint density at radius 2 is 1.87 bits per heavy atom. The van der Waals surface area contributed by atoms with Gasteiger partial charge in [0.15, 0.2) is 11.0 Å². The molecule has 0 saturated heterocycles. The van der Waals surface area contributed by atoms with Crippen LogP contribution in [0.25, 0.3) is 0 Å². The molecule has 0 aliphatic heterocycles. The van der Waals surface area contributed by atoms with E-state index in [9.17, 15) is 4.79 Å². The number of benzene rings is 2. The zero-order chi connectivity index (χ0) is 20.8. The number of rotatable bonds is 10. The Kier molecular flexibility index (Phi) is 6.69. The lowest BCUT2D eigenvalue weighted by Gasteiger charge is -2.11. The second-order valence-electron chi connectivity index (χ2n) is 7.39. The monoisotopic (exact) mass is 422 g/mol. The van der Waals surface area contributed by atoms with Crippen LogP contribution in [0.1, 0.15) is 36.7 Å². The average Bonchev–Trinajstić information content (AvgIpc) is 3.51. The minimum Gasteiger partial charge on any atom is -0.486 e. The van der Waals surface area contributed by atoms with Crippen molar-refractivity contribution >= 4 is 17.7 Å². The number of aryl methyl sites for hydroxylation is 1. The van der Waals surface area contributed by atoms with E-state index < -0.39 is 0 Å². The number of amides is 1. The molecule has 1 aromatic heterocycles. The first-order valence-electron chi connectivity index (χ1n) is 10.3. The van der Waals surface area contributed by atoms with Crippen LogP contribution >= 0.6 is 11.8 Å². The van der Waals surface area contributed by atoms with Gasteiger partial charge in [-0.2, -0.15) is 0 Å². The van der Waals surface area contributed by atoms with Crippen LogP contribution in [0.15, 0.2) is 59.8 Å². The molecule has 0 radical (unpaired) electrons. The number of nitrogens with one attached hydrogen (secondary N) is 1. The highest BCUT2D eigenvalue weighted by molar-refractivity contribution is 7.99. The summed E-state index contributed by atoms with van der Waals surface area (Å²) in [6.45, 7) is 3.08. The van der Waals surface area contributed by atoms with Crippen molar-refractivity contribution in [2.45, 2.75) is 50.5 Å². The standard InChI is InChI=1S/C23H26N4O2S/c1-2-17-8-12-20(13-9-17)29-15-21-25-26-23(30-16-22(28)24-19-10-11-19)27(21)14-18-6-4-3-5-7-18/h3-9,12-13,19H,2,10-11,14-16H2,1H3,(H,24,28). The zero-order valence-corrected chi connectivity index (χ0v) is 17.9. The highest BCUT2D eigenvalue weighted by atomic mass is 32.2. The molecule has 0 atom stereocenters. The van der Waals surface area contributed by atoms with Gasteiger partial charge in [-0.05, 0) is 42.5 Å². The zero-order valence-electron chi connectivity index (χ0n) is 17.1. The summed E-state index contributed by atoms with van der Waals surface area (Å²) in [6, 6.07) is 18.6. The maximum Gasteiger partial charge on any atom is 0.230 e. The van der Waals surface area contributed by atoms with Gasteiger partial charge in [0, 0.05) is 6.04 Å². The largest absolute Gasteiger partial charge is 0.486 e. The van der Waals surface area contributed by atoms with E-state index in [4.69, 9.17) is 4.74 Å². The predicted molar refractivity (Wildman–Crippen MR) is 118 cm³/mol. The molecule has 7 heteroatoms. The van der Waals surface area contributed by atoms with Gasteiger partial charge in [0.1, 0.15) is 12.4 Å². The molecule has 1 amide bonds. The molecular formula is C23H26N4O2S. The van der Waals surface area contributed by atoms with Gasteiger partial charge in [-0.3, -0.25) is 9.36 Å². The van der Waals surface area contributed by atoms with Crippen molar-refractivity contribution < 1.29 is 9.53 Å². The third-order valence-electron chi connectivity index (χ3n) is 4.95. The van der Waals surface area contributed by atoms with Crippen LogP contribution in [0.4, 0.5) is 0 Å². The van der Waals surface area contributed by atoms with Gasteiger partial charge in [0.05, 0.1) is 12.3 Å². The summed E-state index contributed by atoms with van der Waals surface area (Å²) >= 11 is 1.41. The Morgan fingerprint density at radius 3 is 2.57 bits per heavy atom. The minimum atomic E-state index is 0.0468. The van der Waals surface area contributed by atoms with Crippen molar-refractivity contribution in [1.82, 2.24) is 20.1 Å². The molecule has 1 aliphatic carbocycles. The van der Waals surface area contributed by atoms with Crippen LogP contribution in [0.3, 0.4) is 0 Å². The normalized spacial score (nSPS) is 13.2. The van der Waals surface area contributed by atoms with Crippen LogP contribution in [0.2, 0.25) is 0 Å². The summed E-state index contributed by atoms with van der Waals surface area (Å²) in [6.07, 6.45) is 3.17. The van der Waals surface area contributed by atoms with Crippen molar-refractivity contribution in [3.8, 4) is 5.75 Å². The summed E-state index contributed by atoms with van der Waals surface area (Å²) < 4.78 is 7.99. The molecule has 1 fully saturated rings.